The summed E-state index contributed by atoms with van der Waals surface area (Å²) in [6.45, 7) is 5.94. The second kappa shape index (κ2) is 19.1. The van der Waals surface area contributed by atoms with Crippen molar-refractivity contribution < 1.29 is 28.9 Å². The third-order valence-electron chi connectivity index (χ3n) is 6.88. The van der Waals surface area contributed by atoms with Crippen LogP contribution in [0.3, 0.4) is 0 Å². The summed E-state index contributed by atoms with van der Waals surface area (Å²) in [4.78, 5) is 24.7. The molecule has 8 nitrogen and oxygen atoms in total. The van der Waals surface area contributed by atoms with Crippen LogP contribution in [0.5, 0.6) is 0 Å². The SMILES string of the molecule is CCc1cccc(-c2c(F)cccc2C(O)CCCNC(=O)OC)c1.O=C(CCCNCCO)N1CCCCC1. The van der Waals surface area contributed by atoms with Crippen LogP contribution >= 0.6 is 0 Å². The van der Waals surface area contributed by atoms with Crippen LogP contribution < -0.4 is 10.6 Å². The number of nitrogens with one attached hydrogen (secondary N) is 2. The summed E-state index contributed by atoms with van der Waals surface area (Å²) in [6, 6.07) is 12.5. The van der Waals surface area contributed by atoms with Crippen LogP contribution in [0.2, 0.25) is 0 Å². The number of alkyl carbamates (subject to hydrolysis) is 1. The molecule has 3 rings (SSSR count). The fourth-order valence-electron chi connectivity index (χ4n) is 4.65. The predicted octanol–water partition coefficient (Wildman–Crippen LogP) is 4.59. The van der Waals surface area contributed by atoms with E-state index in [9.17, 15) is 19.1 Å². The molecule has 1 unspecified atom stereocenters. The Morgan fingerprint density at radius 1 is 1.05 bits per heavy atom. The highest BCUT2D eigenvalue weighted by Crippen LogP contribution is 2.33. The molecular formula is C31H46FN3O5. The average Bonchev–Trinajstić information content (AvgIpc) is 2.99. The van der Waals surface area contributed by atoms with Gasteiger partial charge in [0.1, 0.15) is 5.82 Å². The van der Waals surface area contributed by atoms with Gasteiger partial charge in [-0.25, -0.2) is 9.18 Å². The lowest BCUT2D eigenvalue weighted by Crippen LogP contribution is -2.35. The zero-order valence-corrected chi connectivity index (χ0v) is 24.0. The minimum atomic E-state index is -0.810. The number of hydrogen-bond donors (Lipinski definition) is 4. The van der Waals surface area contributed by atoms with Crippen LogP contribution in [0.4, 0.5) is 9.18 Å². The van der Waals surface area contributed by atoms with Crippen LogP contribution in [0.1, 0.15) is 69.1 Å². The molecule has 40 heavy (non-hydrogen) atoms. The fourth-order valence-corrected chi connectivity index (χ4v) is 4.65. The van der Waals surface area contributed by atoms with Gasteiger partial charge in [-0.3, -0.25) is 4.79 Å². The molecular weight excluding hydrogens is 513 g/mol. The third-order valence-corrected chi connectivity index (χ3v) is 6.88. The van der Waals surface area contributed by atoms with E-state index in [4.69, 9.17) is 5.11 Å². The number of carbonyl (C=O) groups is 2. The Kier molecular flexibility index (Phi) is 15.9. The molecule has 1 heterocycles. The first-order valence-corrected chi connectivity index (χ1v) is 14.4. The number of halogens is 1. The molecule has 1 atom stereocenters. The Balaban J connectivity index is 0.000000319. The molecule has 2 amide bonds. The molecule has 2 aromatic rings. The van der Waals surface area contributed by atoms with E-state index in [2.05, 4.69) is 15.4 Å². The Bertz CT molecular complexity index is 1030. The maximum atomic E-state index is 14.5. The monoisotopic (exact) mass is 559 g/mol. The van der Waals surface area contributed by atoms with Crippen molar-refractivity contribution in [1.82, 2.24) is 15.5 Å². The maximum absolute atomic E-state index is 14.5. The van der Waals surface area contributed by atoms with Gasteiger partial charge in [-0.15, -0.1) is 0 Å². The lowest BCUT2D eigenvalue weighted by Gasteiger charge is -2.26. The van der Waals surface area contributed by atoms with Gasteiger partial charge in [-0.05, 0) is 74.2 Å². The number of nitrogens with zero attached hydrogens (tertiary/aromatic N) is 1. The smallest absolute Gasteiger partial charge is 0.406 e. The van der Waals surface area contributed by atoms with E-state index in [0.717, 1.165) is 56.4 Å². The number of carbonyl (C=O) groups excluding carboxylic acids is 2. The molecule has 0 saturated carbocycles. The van der Waals surface area contributed by atoms with Crippen molar-refractivity contribution in [2.45, 2.75) is 64.4 Å². The molecule has 0 bridgehead atoms. The van der Waals surface area contributed by atoms with Gasteiger partial charge in [0.2, 0.25) is 5.91 Å². The van der Waals surface area contributed by atoms with Crippen LogP contribution in [-0.2, 0) is 16.0 Å². The largest absolute Gasteiger partial charge is 0.453 e. The number of rotatable bonds is 13. The number of likely N-dealkylation sites (tertiary alicyclic amines) is 1. The van der Waals surface area contributed by atoms with E-state index in [0.29, 0.717) is 49.4 Å². The zero-order chi connectivity index (χ0) is 29.2. The van der Waals surface area contributed by atoms with Gasteiger partial charge in [-0.1, -0.05) is 43.3 Å². The van der Waals surface area contributed by atoms with Gasteiger partial charge in [0.25, 0.3) is 0 Å². The summed E-state index contributed by atoms with van der Waals surface area (Å²) in [5.41, 5.74) is 2.88. The van der Waals surface area contributed by atoms with Crippen LogP contribution in [-0.4, -0.2) is 73.6 Å². The quantitative estimate of drug-likeness (QED) is 0.267. The topological polar surface area (TPSA) is 111 Å². The number of ether oxygens (including phenoxy) is 1. The van der Waals surface area contributed by atoms with E-state index in [1.807, 2.05) is 36.1 Å². The predicted molar refractivity (Wildman–Crippen MR) is 155 cm³/mol. The molecule has 1 saturated heterocycles. The first-order valence-electron chi connectivity index (χ1n) is 14.4. The highest BCUT2D eigenvalue weighted by Gasteiger charge is 2.18. The van der Waals surface area contributed by atoms with Gasteiger partial charge in [0.05, 0.1) is 19.8 Å². The molecule has 222 valence electrons. The van der Waals surface area contributed by atoms with Crippen molar-refractivity contribution in [2.24, 2.45) is 0 Å². The van der Waals surface area contributed by atoms with Gasteiger partial charge >= 0.3 is 6.09 Å². The van der Waals surface area contributed by atoms with Crippen molar-refractivity contribution >= 4 is 12.0 Å². The molecule has 0 aromatic heterocycles. The van der Waals surface area contributed by atoms with Gasteiger partial charge in [0.15, 0.2) is 0 Å². The summed E-state index contributed by atoms with van der Waals surface area (Å²) in [7, 11) is 1.30. The summed E-state index contributed by atoms with van der Waals surface area (Å²) in [5.74, 6) is -0.0574. The molecule has 2 aromatic carbocycles. The van der Waals surface area contributed by atoms with E-state index >= 15 is 0 Å². The molecule has 4 N–H and O–H groups in total. The second-order valence-electron chi connectivity index (χ2n) is 9.85. The average molecular weight is 560 g/mol. The number of aliphatic hydroxyl groups excluding tert-OH is 2. The second-order valence-corrected chi connectivity index (χ2v) is 9.85. The maximum Gasteiger partial charge on any atom is 0.406 e. The first-order chi connectivity index (χ1) is 19.4. The Morgan fingerprint density at radius 2 is 1.80 bits per heavy atom. The van der Waals surface area contributed by atoms with Gasteiger partial charge in [-0.2, -0.15) is 0 Å². The summed E-state index contributed by atoms with van der Waals surface area (Å²) < 4.78 is 19.0. The highest BCUT2D eigenvalue weighted by atomic mass is 19.1. The molecule has 0 radical (unpaired) electrons. The normalized spacial score (nSPS) is 13.7. The highest BCUT2D eigenvalue weighted by molar-refractivity contribution is 5.76. The number of hydrogen-bond acceptors (Lipinski definition) is 6. The van der Waals surface area contributed by atoms with Crippen LogP contribution in [0.25, 0.3) is 11.1 Å². The van der Waals surface area contributed by atoms with Crippen LogP contribution in [0.15, 0.2) is 42.5 Å². The minimum Gasteiger partial charge on any atom is -0.453 e. The van der Waals surface area contributed by atoms with Gasteiger partial charge < -0.3 is 30.5 Å². The summed E-state index contributed by atoms with van der Waals surface area (Å²) in [5, 5.41) is 24.7. The Labute approximate surface area is 237 Å². The minimum absolute atomic E-state index is 0.167. The molecule has 1 aliphatic heterocycles. The number of aliphatic hydroxyl groups is 2. The molecule has 9 heteroatoms. The number of benzene rings is 2. The van der Waals surface area contributed by atoms with Crippen molar-refractivity contribution in [3.8, 4) is 11.1 Å². The van der Waals surface area contributed by atoms with E-state index in [1.165, 1.54) is 19.6 Å². The number of aryl methyl sites for hydroxylation is 1. The van der Waals surface area contributed by atoms with Crippen LogP contribution in [0, 0.1) is 5.82 Å². The van der Waals surface area contributed by atoms with E-state index < -0.39 is 12.2 Å². The van der Waals surface area contributed by atoms with Crippen molar-refractivity contribution in [1.29, 1.82) is 0 Å². The lowest BCUT2D eigenvalue weighted by molar-refractivity contribution is -0.132. The zero-order valence-electron chi connectivity index (χ0n) is 24.0. The molecule has 0 aliphatic carbocycles. The fraction of sp³-hybridized carbons (Fsp3) is 0.548. The first kappa shape index (κ1) is 33.2. The number of amides is 2. The van der Waals surface area contributed by atoms with Crippen molar-refractivity contribution in [3.05, 3.63) is 59.4 Å². The molecule has 0 spiro atoms. The number of methoxy groups -OCH3 is 1. The standard InChI is InChI=1S/C20H24FNO3.C11H22N2O2/c1-3-14-7-4-8-15(13-14)19-16(9-5-10-17(19)21)18(23)11-6-12-22-20(24)25-2;14-10-7-12-6-4-5-11(15)13-8-2-1-3-9-13/h4-5,7-10,13,18,23H,3,6,11-12H2,1-2H3,(H,22,24);12,14H,1-10H2. The Morgan fingerprint density at radius 3 is 2.50 bits per heavy atom. The van der Waals surface area contributed by atoms with Crippen molar-refractivity contribution in [2.75, 3.05) is 46.4 Å². The molecule has 1 aliphatic rings. The van der Waals surface area contributed by atoms with E-state index in [-0.39, 0.29) is 12.4 Å². The van der Waals surface area contributed by atoms with Gasteiger partial charge in [0, 0.05) is 38.2 Å². The summed E-state index contributed by atoms with van der Waals surface area (Å²) in [6.07, 6.45) is 5.61. The van der Waals surface area contributed by atoms with Crippen molar-refractivity contribution in [3.63, 3.8) is 0 Å². The van der Waals surface area contributed by atoms with E-state index in [1.54, 1.807) is 12.1 Å². The Hall–Kier alpha value is -3.01. The third kappa shape index (κ3) is 11.6. The number of piperidine rings is 1. The lowest BCUT2D eigenvalue weighted by atomic mass is 9.92. The molecule has 1 fully saturated rings. The summed E-state index contributed by atoms with van der Waals surface area (Å²) >= 11 is 0.